The molecule has 0 bridgehead atoms. The van der Waals surface area contributed by atoms with Gasteiger partial charge in [0.05, 0.1) is 12.3 Å². The number of aromatic nitrogens is 2. The fraction of sp³-hybridized carbons (Fsp3) is 0.800. The van der Waals surface area contributed by atoms with Gasteiger partial charge in [0.15, 0.2) is 5.82 Å². The van der Waals surface area contributed by atoms with E-state index >= 15 is 0 Å². The standard InChI is InChI=1S/C10H17N3OS/c1-11-6-10-12-9(13-14-10)7-15-8-4-2-3-5-8/h8,11H,2-7H2,1H3. The van der Waals surface area contributed by atoms with Crippen LogP contribution in [0.3, 0.4) is 0 Å². The van der Waals surface area contributed by atoms with Crippen LogP contribution in [-0.2, 0) is 12.3 Å². The molecule has 0 unspecified atom stereocenters. The van der Waals surface area contributed by atoms with Crippen LogP contribution >= 0.6 is 11.8 Å². The first-order valence-corrected chi connectivity index (χ1v) is 6.51. The van der Waals surface area contributed by atoms with E-state index in [1.54, 1.807) is 0 Å². The minimum atomic E-state index is 0.654. The van der Waals surface area contributed by atoms with Crippen LogP contribution in [-0.4, -0.2) is 22.4 Å². The highest BCUT2D eigenvalue weighted by Crippen LogP contribution is 2.30. The fourth-order valence-corrected chi connectivity index (χ4v) is 2.99. The number of hydrogen-bond donors (Lipinski definition) is 1. The molecular weight excluding hydrogens is 210 g/mol. The van der Waals surface area contributed by atoms with E-state index < -0.39 is 0 Å². The van der Waals surface area contributed by atoms with Gasteiger partial charge in [-0.25, -0.2) is 0 Å². The molecule has 1 saturated carbocycles. The van der Waals surface area contributed by atoms with Crippen molar-refractivity contribution in [2.24, 2.45) is 0 Å². The van der Waals surface area contributed by atoms with Crippen LogP contribution in [0, 0.1) is 0 Å². The van der Waals surface area contributed by atoms with Gasteiger partial charge in [0, 0.05) is 5.25 Å². The lowest BCUT2D eigenvalue weighted by Crippen LogP contribution is -2.05. The Bertz CT molecular complexity index is 297. The summed E-state index contributed by atoms with van der Waals surface area (Å²) in [7, 11) is 1.87. The second-order valence-corrected chi connectivity index (χ2v) is 5.14. The summed E-state index contributed by atoms with van der Waals surface area (Å²) < 4.78 is 5.08. The fourth-order valence-electron chi connectivity index (χ4n) is 1.82. The first-order chi connectivity index (χ1) is 7.38. The van der Waals surface area contributed by atoms with E-state index in [4.69, 9.17) is 4.52 Å². The van der Waals surface area contributed by atoms with Crippen molar-refractivity contribution in [3.05, 3.63) is 11.7 Å². The Morgan fingerprint density at radius 2 is 2.27 bits per heavy atom. The third-order valence-electron chi connectivity index (χ3n) is 2.59. The SMILES string of the molecule is CNCc1nc(CSC2CCCC2)no1. The van der Waals surface area contributed by atoms with Gasteiger partial charge >= 0.3 is 0 Å². The molecule has 0 spiro atoms. The highest BCUT2D eigenvalue weighted by molar-refractivity contribution is 7.99. The smallest absolute Gasteiger partial charge is 0.240 e. The lowest BCUT2D eigenvalue weighted by molar-refractivity contribution is 0.368. The molecule has 0 atom stereocenters. The van der Waals surface area contributed by atoms with E-state index in [1.165, 1.54) is 25.7 Å². The monoisotopic (exact) mass is 227 g/mol. The van der Waals surface area contributed by atoms with Crippen molar-refractivity contribution in [2.45, 2.75) is 43.2 Å². The zero-order valence-corrected chi connectivity index (χ0v) is 9.85. The number of hydrogen-bond acceptors (Lipinski definition) is 5. The predicted octanol–water partition coefficient (Wildman–Crippen LogP) is 1.96. The van der Waals surface area contributed by atoms with E-state index in [1.807, 2.05) is 18.8 Å². The van der Waals surface area contributed by atoms with Gasteiger partial charge in [-0.05, 0) is 19.9 Å². The van der Waals surface area contributed by atoms with Crippen molar-refractivity contribution in [3.63, 3.8) is 0 Å². The zero-order chi connectivity index (χ0) is 10.5. The summed E-state index contributed by atoms with van der Waals surface area (Å²) >= 11 is 1.96. The van der Waals surface area contributed by atoms with Crippen LogP contribution in [0.1, 0.15) is 37.4 Å². The molecule has 1 aliphatic rings. The van der Waals surface area contributed by atoms with Crippen molar-refractivity contribution >= 4 is 11.8 Å². The Morgan fingerprint density at radius 1 is 1.47 bits per heavy atom. The summed E-state index contributed by atoms with van der Waals surface area (Å²) in [5, 5.41) is 7.76. The molecule has 0 amide bonds. The third-order valence-corrected chi connectivity index (χ3v) is 3.96. The van der Waals surface area contributed by atoms with E-state index in [-0.39, 0.29) is 0 Å². The maximum absolute atomic E-state index is 5.08. The zero-order valence-electron chi connectivity index (χ0n) is 9.03. The molecule has 5 heteroatoms. The Morgan fingerprint density at radius 3 is 3.00 bits per heavy atom. The molecule has 0 radical (unpaired) electrons. The van der Waals surface area contributed by atoms with Crippen LogP contribution < -0.4 is 5.32 Å². The number of nitrogens with zero attached hydrogens (tertiary/aromatic N) is 2. The van der Waals surface area contributed by atoms with Gasteiger partial charge in [-0.15, -0.1) is 0 Å². The van der Waals surface area contributed by atoms with Gasteiger partial charge in [-0.3, -0.25) is 0 Å². The third kappa shape index (κ3) is 3.21. The molecule has 0 aromatic carbocycles. The number of nitrogens with one attached hydrogen (secondary N) is 1. The number of rotatable bonds is 5. The molecule has 1 aromatic rings. The summed E-state index contributed by atoms with van der Waals surface area (Å²) in [6.45, 7) is 0.654. The summed E-state index contributed by atoms with van der Waals surface area (Å²) in [6.07, 6.45) is 5.47. The summed E-state index contributed by atoms with van der Waals surface area (Å²) in [5.41, 5.74) is 0. The van der Waals surface area contributed by atoms with Crippen molar-refractivity contribution < 1.29 is 4.52 Å². The normalized spacial score (nSPS) is 17.4. The second-order valence-electron chi connectivity index (χ2n) is 3.85. The van der Waals surface area contributed by atoms with Crippen LogP contribution in [0.4, 0.5) is 0 Å². The van der Waals surface area contributed by atoms with Gasteiger partial charge in [-0.1, -0.05) is 18.0 Å². The molecule has 15 heavy (non-hydrogen) atoms. The average molecular weight is 227 g/mol. The van der Waals surface area contributed by atoms with Crippen LogP contribution in [0.2, 0.25) is 0 Å². The molecular formula is C10H17N3OS. The lowest BCUT2D eigenvalue weighted by atomic mass is 10.4. The minimum Gasteiger partial charge on any atom is -0.338 e. The van der Waals surface area contributed by atoms with E-state index in [0.29, 0.717) is 12.4 Å². The molecule has 1 aromatic heterocycles. The maximum Gasteiger partial charge on any atom is 0.240 e. The molecule has 2 rings (SSSR count). The average Bonchev–Trinajstić information content (AvgIpc) is 2.85. The minimum absolute atomic E-state index is 0.654. The van der Waals surface area contributed by atoms with Gasteiger partial charge in [0.25, 0.3) is 0 Å². The molecule has 0 saturated heterocycles. The van der Waals surface area contributed by atoms with Gasteiger partial charge in [0.2, 0.25) is 5.89 Å². The van der Waals surface area contributed by atoms with Crippen LogP contribution in [0.5, 0.6) is 0 Å². The van der Waals surface area contributed by atoms with Crippen LogP contribution in [0.15, 0.2) is 4.52 Å². The second kappa shape index (κ2) is 5.51. The maximum atomic E-state index is 5.08. The Hall–Kier alpha value is -0.550. The summed E-state index contributed by atoms with van der Waals surface area (Å²) in [4.78, 5) is 4.30. The Balaban J connectivity index is 1.77. The summed E-state index contributed by atoms with van der Waals surface area (Å²) in [5.74, 6) is 2.40. The van der Waals surface area contributed by atoms with Crippen molar-refractivity contribution in [1.29, 1.82) is 0 Å². The van der Waals surface area contributed by atoms with Gasteiger partial charge in [-0.2, -0.15) is 16.7 Å². The highest BCUT2D eigenvalue weighted by Gasteiger charge is 2.16. The predicted molar refractivity (Wildman–Crippen MR) is 60.6 cm³/mol. The van der Waals surface area contributed by atoms with Crippen molar-refractivity contribution in [2.75, 3.05) is 7.05 Å². The van der Waals surface area contributed by atoms with Crippen LogP contribution in [0.25, 0.3) is 0 Å². The van der Waals surface area contributed by atoms with Crippen molar-refractivity contribution in [3.8, 4) is 0 Å². The molecule has 4 nitrogen and oxygen atoms in total. The lowest BCUT2D eigenvalue weighted by Gasteiger charge is -2.04. The van der Waals surface area contributed by atoms with E-state index in [2.05, 4.69) is 15.5 Å². The quantitative estimate of drug-likeness (QED) is 0.833. The Kier molecular flexibility index (Phi) is 4.02. The molecule has 1 heterocycles. The molecule has 0 aliphatic heterocycles. The van der Waals surface area contributed by atoms with Gasteiger partial charge in [0.1, 0.15) is 0 Å². The largest absolute Gasteiger partial charge is 0.338 e. The topological polar surface area (TPSA) is 51.0 Å². The molecule has 1 N–H and O–H groups in total. The van der Waals surface area contributed by atoms with E-state index in [9.17, 15) is 0 Å². The molecule has 84 valence electrons. The first kappa shape index (κ1) is 11.0. The van der Waals surface area contributed by atoms with Crippen molar-refractivity contribution in [1.82, 2.24) is 15.5 Å². The summed E-state index contributed by atoms with van der Waals surface area (Å²) in [6, 6.07) is 0. The molecule has 1 fully saturated rings. The number of thioether (sulfide) groups is 1. The van der Waals surface area contributed by atoms with Gasteiger partial charge < -0.3 is 9.84 Å². The first-order valence-electron chi connectivity index (χ1n) is 5.46. The Labute approximate surface area is 94.2 Å². The molecule has 1 aliphatic carbocycles. The van der Waals surface area contributed by atoms with E-state index in [0.717, 1.165) is 16.8 Å². The highest BCUT2D eigenvalue weighted by atomic mass is 32.2.